The number of benzene rings is 1. The van der Waals surface area contributed by atoms with Gasteiger partial charge in [-0.15, -0.1) is 0 Å². The van der Waals surface area contributed by atoms with E-state index in [2.05, 4.69) is 10.1 Å². The quantitative estimate of drug-likeness (QED) is 0.756. The largest absolute Gasteiger partial charge is 0.467 e. The Bertz CT molecular complexity index is 620. The molecule has 1 aromatic carbocycles. The number of rotatable bonds is 7. The molecular formula is C16H19ClFNO5. The summed E-state index contributed by atoms with van der Waals surface area (Å²) in [7, 11) is 1.21. The first-order valence-electron chi connectivity index (χ1n) is 7.24. The molecule has 0 radical (unpaired) electrons. The van der Waals surface area contributed by atoms with Crippen molar-refractivity contribution in [2.24, 2.45) is 5.92 Å². The number of hydrogen-bond acceptors (Lipinski definition) is 5. The van der Waals surface area contributed by atoms with Gasteiger partial charge in [0.05, 0.1) is 12.7 Å². The summed E-state index contributed by atoms with van der Waals surface area (Å²) < 4.78 is 22.9. The molecule has 6 nitrogen and oxygen atoms in total. The highest BCUT2D eigenvalue weighted by atomic mass is 35.5. The van der Waals surface area contributed by atoms with Crippen LogP contribution in [0.15, 0.2) is 18.2 Å². The average Bonchev–Trinajstić information content (AvgIpc) is 2.53. The highest BCUT2D eigenvalue weighted by Crippen LogP contribution is 2.15. The smallest absolute Gasteiger partial charge is 0.341 e. The molecule has 0 aliphatic rings. The third-order valence-corrected chi connectivity index (χ3v) is 3.25. The molecule has 1 N–H and O–H groups in total. The topological polar surface area (TPSA) is 81.7 Å². The Morgan fingerprint density at radius 1 is 1.29 bits per heavy atom. The summed E-state index contributed by atoms with van der Waals surface area (Å²) in [6.07, 6.45) is 0.370. The predicted octanol–water partition coefficient (Wildman–Crippen LogP) is 2.34. The van der Waals surface area contributed by atoms with Gasteiger partial charge >= 0.3 is 11.9 Å². The number of methoxy groups -OCH3 is 1. The summed E-state index contributed by atoms with van der Waals surface area (Å²) in [6.45, 7) is 3.10. The summed E-state index contributed by atoms with van der Waals surface area (Å²) in [5.41, 5.74) is -0.373. The van der Waals surface area contributed by atoms with E-state index in [9.17, 15) is 18.8 Å². The maximum atomic E-state index is 13.5. The van der Waals surface area contributed by atoms with E-state index in [-0.39, 0.29) is 16.5 Å². The highest BCUT2D eigenvalue weighted by Gasteiger charge is 2.23. The summed E-state index contributed by atoms with van der Waals surface area (Å²) in [5.74, 6) is -2.98. The lowest BCUT2D eigenvalue weighted by Gasteiger charge is -2.18. The van der Waals surface area contributed by atoms with E-state index >= 15 is 0 Å². The molecule has 0 bridgehead atoms. The van der Waals surface area contributed by atoms with Gasteiger partial charge in [-0.2, -0.15) is 0 Å². The fourth-order valence-corrected chi connectivity index (χ4v) is 2.10. The van der Waals surface area contributed by atoms with E-state index in [1.54, 1.807) is 0 Å². The van der Waals surface area contributed by atoms with E-state index in [0.717, 1.165) is 12.1 Å². The van der Waals surface area contributed by atoms with Crippen molar-refractivity contribution in [1.29, 1.82) is 0 Å². The van der Waals surface area contributed by atoms with Gasteiger partial charge in [0.25, 0.3) is 5.91 Å². The van der Waals surface area contributed by atoms with Crippen LogP contribution in [0.4, 0.5) is 4.39 Å². The van der Waals surface area contributed by atoms with Gasteiger partial charge in [-0.1, -0.05) is 25.4 Å². The van der Waals surface area contributed by atoms with Gasteiger partial charge in [0.2, 0.25) is 0 Å². The lowest BCUT2D eigenvalue weighted by molar-refractivity contribution is -0.145. The van der Waals surface area contributed by atoms with Crippen LogP contribution in [0, 0.1) is 11.7 Å². The standard InChI is InChI=1S/C16H19ClFNO5/c1-9(2)6-13(16(22)23-3)19-14(20)8-24-15(21)11-7-10(17)4-5-12(11)18/h4-5,7,9,13H,6,8H2,1-3H3,(H,19,20)/t13-/m0/s1. The zero-order chi connectivity index (χ0) is 18.3. The first-order valence-corrected chi connectivity index (χ1v) is 7.61. The monoisotopic (exact) mass is 359 g/mol. The van der Waals surface area contributed by atoms with Crippen LogP contribution in [0.1, 0.15) is 30.6 Å². The Labute approximate surface area is 144 Å². The van der Waals surface area contributed by atoms with Crippen LogP contribution in [-0.4, -0.2) is 37.6 Å². The van der Waals surface area contributed by atoms with E-state index in [4.69, 9.17) is 16.3 Å². The highest BCUT2D eigenvalue weighted by molar-refractivity contribution is 6.30. The van der Waals surface area contributed by atoms with E-state index in [1.807, 2.05) is 13.8 Å². The van der Waals surface area contributed by atoms with Crippen molar-refractivity contribution in [1.82, 2.24) is 5.32 Å². The van der Waals surface area contributed by atoms with Crippen molar-refractivity contribution >= 4 is 29.4 Å². The Morgan fingerprint density at radius 3 is 2.54 bits per heavy atom. The van der Waals surface area contributed by atoms with Gasteiger partial charge in [-0.3, -0.25) is 4.79 Å². The second-order valence-corrected chi connectivity index (χ2v) is 5.91. The number of carbonyl (C=O) groups excluding carboxylic acids is 3. The molecule has 0 fully saturated rings. The molecule has 0 spiro atoms. The number of nitrogens with one attached hydrogen (secondary N) is 1. The summed E-state index contributed by atoms with van der Waals surface area (Å²) in [5, 5.41) is 2.58. The van der Waals surface area contributed by atoms with Gasteiger partial charge < -0.3 is 14.8 Å². The van der Waals surface area contributed by atoms with Crippen molar-refractivity contribution in [3.63, 3.8) is 0 Å². The zero-order valence-electron chi connectivity index (χ0n) is 13.6. The Hall–Kier alpha value is -2.15. The zero-order valence-corrected chi connectivity index (χ0v) is 14.4. The molecule has 0 aromatic heterocycles. The van der Waals surface area contributed by atoms with E-state index in [0.29, 0.717) is 6.42 Å². The average molecular weight is 360 g/mol. The molecule has 0 heterocycles. The van der Waals surface area contributed by atoms with Crippen molar-refractivity contribution < 1.29 is 28.2 Å². The summed E-state index contributed by atoms with van der Waals surface area (Å²) in [6, 6.07) is 2.57. The van der Waals surface area contributed by atoms with Crippen LogP contribution in [0.2, 0.25) is 5.02 Å². The van der Waals surface area contributed by atoms with E-state index in [1.165, 1.54) is 13.2 Å². The normalized spacial score (nSPS) is 11.8. The first kappa shape index (κ1) is 19.9. The summed E-state index contributed by atoms with van der Waals surface area (Å²) >= 11 is 5.69. The van der Waals surface area contributed by atoms with Crippen LogP contribution in [0.3, 0.4) is 0 Å². The van der Waals surface area contributed by atoms with Gasteiger partial charge in [-0.05, 0) is 30.5 Å². The Morgan fingerprint density at radius 2 is 1.96 bits per heavy atom. The fourth-order valence-electron chi connectivity index (χ4n) is 1.93. The molecule has 0 unspecified atom stereocenters. The second kappa shape index (κ2) is 9.22. The number of hydrogen-bond donors (Lipinski definition) is 1. The molecule has 8 heteroatoms. The van der Waals surface area contributed by atoms with E-state index < -0.39 is 36.3 Å². The SMILES string of the molecule is COC(=O)[C@H](CC(C)C)NC(=O)COC(=O)c1cc(Cl)ccc1F. The number of amides is 1. The minimum absolute atomic E-state index is 0.137. The van der Waals surface area contributed by atoms with Crippen LogP contribution in [0.5, 0.6) is 0 Å². The molecule has 0 aliphatic heterocycles. The molecule has 0 saturated carbocycles. The van der Waals surface area contributed by atoms with Crippen LogP contribution < -0.4 is 5.32 Å². The predicted molar refractivity (Wildman–Crippen MR) is 85.1 cm³/mol. The van der Waals surface area contributed by atoms with Crippen molar-refractivity contribution in [3.8, 4) is 0 Å². The van der Waals surface area contributed by atoms with Gasteiger partial charge in [-0.25, -0.2) is 14.0 Å². The number of carbonyl (C=O) groups is 3. The lowest BCUT2D eigenvalue weighted by Crippen LogP contribution is -2.44. The maximum Gasteiger partial charge on any atom is 0.341 e. The molecule has 0 aliphatic carbocycles. The molecule has 0 saturated heterocycles. The number of halogens is 2. The molecule has 1 amide bonds. The van der Waals surface area contributed by atoms with Gasteiger partial charge in [0.1, 0.15) is 11.9 Å². The number of esters is 2. The molecule has 132 valence electrons. The number of ether oxygens (including phenoxy) is 2. The molecule has 1 rings (SSSR count). The maximum absolute atomic E-state index is 13.5. The van der Waals surface area contributed by atoms with Crippen molar-refractivity contribution in [2.75, 3.05) is 13.7 Å². The Balaban J connectivity index is 2.62. The third kappa shape index (κ3) is 6.16. The third-order valence-electron chi connectivity index (χ3n) is 3.01. The van der Waals surface area contributed by atoms with Gasteiger partial charge in [0, 0.05) is 5.02 Å². The summed E-state index contributed by atoms with van der Waals surface area (Å²) in [4.78, 5) is 35.2. The molecule has 1 aromatic rings. The molecule has 24 heavy (non-hydrogen) atoms. The van der Waals surface area contributed by atoms with Crippen molar-refractivity contribution in [3.05, 3.63) is 34.6 Å². The second-order valence-electron chi connectivity index (χ2n) is 5.47. The lowest BCUT2D eigenvalue weighted by atomic mass is 10.0. The molecule has 1 atom stereocenters. The van der Waals surface area contributed by atoms with Crippen LogP contribution >= 0.6 is 11.6 Å². The minimum atomic E-state index is -1.02. The fraction of sp³-hybridized carbons (Fsp3) is 0.438. The van der Waals surface area contributed by atoms with Gasteiger partial charge in [0.15, 0.2) is 6.61 Å². The van der Waals surface area contributed by atoms with Crippen LogP contribution in [-0.2, 0) is 19.1 Å². The Kier molecular flexibility index (Phi) is 7.64. The minimum Gasteiger partial charge on any atom is -0.467 e. The van der Waals surface area contributed by atoms with Crippen LogP contribution in [0.25, 0.3) is 0 Å². The van der Waals surface area contributed by atoms with Crippen molar-refractivity contribution in [2.45, 2.75) is 26.3 Å². The molecular weight excluding hydrogens is 341 g/mol. The first-order chi connectivity index (χ1) is 11.2.